The minimum atomic E-state index is -0.258. The van der Waals surface area contributed by atoms with Crippen LogP contribution in [-0.2, 0) is 16.0 Å². The van der Waals surface area contributed by atoms with Gasteiger partial charge in [-0.25, -0.2) is 4.39 Å². The molecule has 0 aromatic heterocycles. The van der Waals surface area contributed by atoms with E-state index in [0.29, 0.717) is 26.2 Å². The van der Waals surface area contributed by atoms with Crippen LogP contribution in [0.3, 0.4) is 0 Å². The van der Waals surface area contributed by atoms with Gasteiger partial charge in [-0.2, -0.15) is 0 Å². The molecule has 0 aliphatic carbocycles. The van der Waals surface area contributed by atoms with Crippen molar-refractivity contribution in [3.05, 3.63) is 78.1 Å². The van der Waals surface area contributed by atoms with Crippen LogP contribution < -0.4 is 10.2 Å². The number of fused-ring (bicyclic) bond motifs is 1. The van der Waals surface area contributed by atoms with Gasteiger partial charge in [0.1, 0.15) is 5.82 Å². The monoisotopic (exact) mass is 405 g/mol. The van der Waals surface area contributed by atoms with Gasteiger partial charge in [-0.05, 0) is 40.6 Å². The first-order chi connectivity index (χ1) is 14.6. The van der Waals surface area contributed by atoms with Crippen LogP contribution in [0.15, 0.2) is 66.7 Å². The van der Waals surface area contributed by atoms with Crippen molar-refractivity contribution in [2.24, 2.45) is 0 Å². The predicted octanol–water partition coefficient (Wildman–Crippen LogP) is 2.99. The summed E-state index contributed by atoms with van der Waals surface area (Å²) in [5.74, 6) is -0.503. The Labute approximate surface area is 175 Å². The van der Waals surface area contributed by atoms with Gasteiger partial charge in [-0.15, -0.1) is 0 Å². The molecule has 0 saturated carbocycles. The molecular weight excluding hydrogens is 381 g/mol. The van der Waals surface area contributed by atoms with Crippen molar-refractivity contribution in [3.8, 4) is 0 Å². The molecule has 30 heavy (non-hydrogen) atoms. The summed E-state index contributed by atoms with van der Waals surface area (Å²) >= 11 is 0. The van der Waals surface area contributed by atoms with Gasteiger partial charge in [0.25, 0.3) is 0 Å². The van der Waals surface area contributed by atoms with Crippen molar-refractivity contribution in [3.63, 3.8) is 0 Å². The van der Waals surface area contributed by atoms with Crippen LogP contribution >= 0.6 is 0 Å². The van der Waals surface area contributed by atoms with E-state index in [0.717, 1.165) is 22.0 Å². The normalized spacial score (nSPS) is 14.0. The predicted molar refractivity (Wildman–Crippen MR) is 116 cm³/mol. The molecule has 0 spiro atoms. The minimum absolute atomic E-state index is 0.000146. The van der Waals surface area contributed by atoms with E-state index in [2.05, 4.69) is 10.2 Å². The topological polar surface area (TPSA) is 52.7 Å². The molecule has 0 radical (unpaired) electrons. The van der Waals surface area contributed by atoms with Gasteiger partial charge in [-0.3, -0.25) is 9.59 Å². The maximum atomic E-state index is 13.1. The number of nitrogens with one attached hydrogen (secondary N) is 1. The van der Waals surface area contributed by atoms with E-state index in [1.54, 1.807) is 17.0 Å². The van der Waals surface area contributed by atoms with E-state index in [1.165, 1.54) is 12.1 Å². The number of piperazine rings is 1. The fourth-order valence-corrected chi connectivity index (χ4v) is 3.83. The first-order valence-corrected chi connectivity index (χ1v) is 10.1. The third kappa shape index (κ3) is 4.59. The van der Waals surface area contributed by atoms with Gasteiger partial charge in [0, 0.05) is 31.9 Å². The number of hydrogen-bond acceptors (Lipinski definition) is 3. The van der Waals surface area contributed by atoms with E-state index < -0.39 is 0 Å². The molecule has 1 heterocycles. The third-order valence-electron chi connectivity index (χ3n) is 5.49. The van der Waals surface area contributed by atoms with Crippen molar-refractivity contribution in [1.29, 1.82) is 0 Å². The van der Waals surface area contributed by atoms with Gasteiger partial charge in [0.05, 0.1) is 13.0 Å². The molecule has 1 N–H and O–H groups in total. The molecule has 3 aromatic carbocycles. The lowest BCUT2D eigenvalue weighted by molar-refractivity contribution is -0.133. The number of amides is 2. The number of benzene rings is 3. The van der Waals surface area contributed by atoms with Crippen molar-refractivity contribution in [1.82, 2.24) is 10.2 Å². The highest BCUT2D eigenvalue weighted by atomic mass is 19.1. The molecule has 1 aliphatic rings. The summed E-state index contributed by atoms with van der Waals surface area (Å²) in [6, 6.07) is 20.2. The molecule has 1 fully saturated rings. The Kier molecular flexibility index (Phi) is 5.93. The van der Waals surface area contributed by atoms with Crippen molar-refractivity contribution >= 4 is 28.3 Å². The van der Waals surface area contributed by atoms with Crippen LogP contribution in [0.1, 0.15) is 5.56 Å². The van der Waals surface area contributed by atoms with Crippen LogP contribution in [0, 0.1) is 5.82 Å². The maximum absolute atomic E-state index is 13.1. The summed E-state index contributed by atoms with van der Waals surface area (Å²) < 4.78 is 13.1. The maximum Gasteiger partial charge on any atom is 0.242 e. The second-order valence-electron chi connectivity index (χ2n) is 7.44. The molecule has 1 aliphatic heterocycles. The summed E-state index contributed by atoms with van der Waals surface area (Å²) in [5.41, 5.74) is 1.90. The molecule has 5 nitrogen and oxygen atoms in total. The number of rotatable bonds is 5. The van der Waals surface area contributed by atoms with Crippen LogP contribution in [0.5, 0.6) is 0 Å². The first kappa shape index (κ1) is 19.9. The van der Waals surface area contributed by atoms with Gasteiger partial charge in [0.2, 0.25) is 11.8 Å². The average Bonchev–Trinajstić information content (AvgIpc) is 2.78. The molecule has 0 atom stereocenters. The highest BCUT2D eigenvalue weighted by molar-refractivity contribution is 5.91. The van der Waals surface area contributed by atoms with Crippen LogP contribution in [0.25, 0.3) is 10.8 Å². The van der Waals surface area contributed by atoms with E-state index >= 15 is 0 Å². The van der Waals surface area contributed by atoms with E-state index in [4.69, 9.17) is 0 Å². The van der Waals surface area contributed by atoms with Gasteiger partial charge >= 0.3 is 0 Å². The number of halogens is 1. The fraction of sp³-hybridized carbons (Fsp3) is 0.250. The Balaban J connectivity index is 1.26. The Morgan fingerprint density at radius 3 is 2.33 bits per heavy atom. The van der Waals surface area contributed by atoms with Crippen molar-refractivity contribution in [2.45, 2.75) is 6.42 Å². The van der Waals surface area contributed by atoms with Gasteiger partial charge in [0.15, 0.2) is 0 Å². The van der Waals surface area contributed by atoms with Crippen LogP contribution in [0.2, 0.25) is 0 Å². The summed E-state index contributed by atoms with van der Waals surface area (Å²) in [7, 11) is 0. The summed E-state index contributed by atoms with van der Waals surface area (Å²) in [6.45, 7) is 2.52. The minimum Gasteiger partial charge on any atom is -0.368 e. The highest BCUT2D eigenvalue weighted by Crippen LogP contribution is 2.19. The molecule has 2 amide bonds. The number of nitrogens with zero attached hydrogens (tertiary/aromatic N) is 2. The zero-order chi connectivity index (χ0) is 20.9. The number of hydrogen-bond donors (Lipinski definition) is 1. The lowest BCUT2D eigenvalue weighted by atomic mass is 10.0. The zero-order valence-corrected chi connectivity index (χ0v) is 16.7. The standard InChI is InChI=1S/C24H24FN3O2/c25-20-8-10-21(11-9-20)27-12-14-28(15-13-27)24(30)17-26-23(29)16-19-6-3-5-18-4-1-2-7-22(18)19/h1-11H,12-17H2,(H,26,29). The largest absolute Gasteiger partial charge is 0.368 e. The van der Waals surface area contributed by atoms with Gasteiger partial charge in [-0.1, -0.05) is 42.5 Å². The second-order valence-corrected chi connectivity index (χ2v) is 7.44. The summed E-state index contributed by atoms with van der Waals surface area (Å²) in [5, 5.41) is 4.91. The Hall–Kier alpha value is -3.41. The molecule has 1 saturated heterocycles. The Bertz CT molecular complexity index is 1040. The Morgan fingerprint density at radius 1 is 0.867 bits per heavy atom. The molecule has 154 valence electrons. The highest BCUT2D eigenvalue weighted by Gasteiger charge is 2.21. The molecule has 3 aromatic rings. The molecule has 6 heteroatoms. The number of carbonyl (C=O) groups excluding carboxylic acids is 2. The van der Waals surface area contributed by atoms with Crippen LogP contribution in [-0.4, -0.2) is 49.4 Å². The van der Waals surface area contributed by atoms with Crippen molar-refractivity contribution < 1.29 is 14.0 Å². The summed E-state index contributed by atoms with van der Waals surface area (Å²) in [4.78, 5) is 28.8. The molecule has 0 unspecified atom stereocenters. The molecule has 0 bridgehead atoms. The average molecular weight is 405 g/mol. The van der Waals surface area contributed by atoms with Crippen molar-refractivity contribution in [2.75, 3.05) is 37.6 Å². The van der Waals surface area contributed by atoms with E-state index in [1.807, 2.05) is 42.5 Å². The quantitative estimate of drug-likeness (QED) is 0.710. The van der Waals surface area contributed by atoms with Gasteiger partial charge < -0.3 is 15.1 Å². The van der Waals surface area contributed by atoms with E-state index in [-0.39, 0.29) is 30.6 Å². The number of carbonyl (C=O) groups is 2. The second kappa shape index (κ2) is 8.95. The van der Waals surface area contributed by atoms with E-state index in [9.17, 15) is 14.0 Å². The molecular formula is C24H24FN3O2. The SMILES string of the molecule is O=C(Cc1cccc2ccccc12)NCC(=O)N1CCN(c2ccc(F)cc2)CC1. The lowest BCUT2D eigenvalue weighted by Crippen LogP contribution is -2.51. The molecule has 4 rings (SSSR count). The first-order valence-electron chi connectivity index (χ1n) is 10.1. The Morgan fingerprint density at radius 2 is 1.57 bits per heavy atom. The fourth-order valence-electron chi connectivity index (χ4n) is 3.83. The summed E-state index contributed by atoms with van der Waals surface area (Å²) in [6.07, 6.45) is 0.243. The lowest BCUT2D eigenvalue weighted by Gasteiger charge is -2.36. The van der Waals surface area contributed by atoms with Crippen LogP contribution in [0.4, 0.5) is 10.1 Å². The smallest absolute Gasteiger partial charge is 0.242 e. The zero-order valence-electron chi connectivity index (χ0n) is 16.7. The number of anilines is 1. The third-order valence-corrected chi connectivity index (χ3v) is 5.49.